The van der Waals surface area contributed by atoms with Crippen LogP contribution in [0.15, 0.2) is 0 Å². The second-order valence-corrected chi connectivity index (χ2v) is 7.54. The smallest absolute Gasteiger partial charge is 0.317 e. The molecule has 1 saturated heterocycles. The van der Waals surface area contributed by atoms with Crippen molar-refractivity contribution in [3.8, 4) is 0 Å². The number of carbonyl (C=O) groups is 2. The molecule has 0 unspecified atom stereocenters. The highest BCUT2D eigenvalue weighted by atomic mass is 32.2. The molecule has 2 fully saturated rings. The van der Waals surface area contributed by atoms with Gasteiger partial charge in [0.25, 0.3) is 0 Å². The number of carboxylic acids is 1. The lowest BCUT2D eigenvalue weighted by atomic mass is 10.2. The number of likely N-dealkylation sites (tertiary alicyclic amines) is 1. The average molecular weight is 319 g/mol. The van der Waals surface area contributed by atoms with Crippen LogP contribution in [0.3, 0.4) is 0 Å². The highest BCUT2D eigenvalue weighted by molar-refractivity contribution is 7.90. The molecule has 0 aromatic rings. The number of sulfonamides is 1. The van der Waals surface area contributed by atoms with Crippen molar-refractivity contribution in [1.82, 2.24) is 14.9 Å². The molecule has 1 aliphatic heterocycles. The number of nitrogens with zero attached hydrogens (tertiary/aromatic N) is 1. The molecule has 2 amide bonds. The summed E-state index contributed by atoms with van der Waals surface area (Å²) in [5.74, 6) is -0.986. The first kappa shape index (κ1) is 16.0. The number of hydrogen-bond acceptors (Lipinski definition) is 4. The molecule has 0 bridgehead atoms. The van der Waals surface area contributed by atoms with Crippen molar-refractivity contribution < 1.29 is 23.1 Å². The molecule has 9 heteroatoms. The van der Waals surface area contributed by atoms with Crippen molar-refractivity contribution >= 4 is 22.0 Å². The number of rotatable bonds is 6. The number of aliphatic carboxylic acids is 1. The maximum Gasteiger partial charge on any atom is 0.317 e. The Morgan fingerprint density at radius 1 is 1.19 bits per heavy atom. The van der Waals surface area contributed by atoms with Gasteiger partial charge in [0.15, 0.2) is 0 Å². The lowest BCUT2D eigenvalue weighted by Crippen LogP contribution is -2.62. The molecule has 2 aliphatic rings. The lowest BCUT2D eigenvalue weighted by molar-refractivity contribution is -0.136. The van der Waals surface area contributed by atoms with Gasteiger partial charge in [-0.1, -0.05) is 12.8 Å². The summed E-state index contributed by atoms with van der Waals surface area (Å²) in [7, 11) is -3.37. The van der Waals surface area contributed by atoms with Gasteiger partial charge in [-0.25, -0.2) is 17.9 Å². The SMILES string of the molecule is O=C(O)CCNC(=O)N1CC(S(=O)(=O)NC2CCCC2)C1. The molecule has 1 aliphatic carbocycles. The molecule has 1 saturated carbocycles. The van der Waals surface area contributed by atoms with Crippen LogP contribution in [0.4, 0.5) is 4.79 Å². The quantitative estimate of drug-likeness (QED) is 0.622. The summed E-state index contributed by atoms with van der Waals surface area (Å²) in [6, 6.07) is -0.378. The second kappa shape index (κ2) is 6.61. The van der Waals surface area contributed by atoms with Crippen molar-refractivity contribution in [2.24, 2.45) is 0 Å². The Labute approximate surface area is 123 Å². The van der Waals surface area contributed by atoms with Crippen molar-refractivity contribution in [3.05, 3.63) is 0 Å². The Bertz CT molecular complexity index is 495. The number of amides is 2. The van der Waals surface area contributed by atoms with Crippen LogP contribution in [0.1, 0.15) is 32.1 Å². The average Bonchev–Trinajstić information content (AvgIpc) is 2.77. The zero-order chi connectivity index (χ0) is 15.5. The molecule has 0 spiro atoms. The zero-order valence-electron chi connectivity index (χ0n) is 11.7. The van der Waals surface area contributed by atoms with Crippen LogP contribution in [0, 0.1) is 0 Å². The first-order valence-corrected chi connectivity index (χ1v) is 8.69. The van der Waals surface area contributed by atoms with Crippen molar-refractivity contribution in [2.45, 2.75) is 43.4 Å². The van der Waals surface area contributed by atoms with Gasteiger partial charge in [-0.2, -0.15) is 0 Å². The van der Waals surface area contributed by atoms with Gasteiger partial charge in [-0.05, 0) is 12.8 Å². The van der Waals surface area contributed by atoms with Crippen molar-refractivity contribution in [3.63, 3.8) is 0 Å². The van der Waals surface area contributed by atoms with E-state index >= 15 is 0 Å². The number of urea groups is 1. The predicted octanol–water partition coefficient (Wildman–Crippen LogP) is -0.283. The lowest BCUT2D eigenvalue weighted by Gasteiger charge is -2.38. The first-order valence-electron chi connectivity index (χ1n) is 7.14. The maximum absolute atomic E-state index is 12.1. The Balaban J connectivity index is 1.72. The first-order chi connectivity index (χ1) is 9.88. The van der Waals surface area contributed by atoms with Gasteiger partial charge >= 0.3 is 12.0 Å². The summed E-state index contributed by atoms with van der Waals surface area (Å²) in [6.07, 6.45) is 3.72. The Kier molecular flexibility index (Phi) is 5.04. The van der Waals surface area contributed by atoms with E-state index in [9.17, 15) is 18.0 Å². The van der Waals surface area contributed by atoms with Crippen molar-refractivity contribution in [2.75, 3.05) is 19.6 Å². The molecule has 120 valence electrons. The van der Waals surface area contributed by atoms with Crippen LogP contribution >= 0.6 is 0 Å². The van der Waals surface area contributed by atoms with Gasteiger partial charge in [0, 0.05) is 25.7 Å². The fraction of sp³-hybridized carbons (Fsp3) is 0.833. The van der Waals surface area contributed by atoms with Gasteiger partial charge in [0.05, 0.1) is 6.42 Å². The molecule has 1 heterocycles. The van der Waals surface area contributed by atoms with E-state index in [1.165, 1.54) is 4.90 Å². The molecule has 21 heavy (non-hydrogen) atoms. The minimum absolute atomic E-state index is 0.0356. The Morgan fingerprint density at radius 3 is 2.38 bits per heavy atom. The Morgan fingerprint density at radius 2 is 1.81 bits per heavy atom. The highest BCUT2D eigenvalue weighted by Gasteiger charge is 2.40. The summed E-state index contributed by atoms with van der Waals surface area (Å²) < 4.78 is 26.9. The van der Waals surface area contributed by atoms with Gasteiger partial charge in [-0.15, -0.1) is 0 Å². The molecule has 0 atom stereocenters. The van der Waals surface area contributed by atoms with E-state index in [-0.39, 0.29) is 32.1 Å². The zero-order valence-corrected chi connectivity index (χ0v) is 12.6. The largest absolute Gasteiger partial charge is 0.481 e. The normalized spacial score (nSPS) is 20.3. The molecule has 8 nitrogen and oxygen atoms in total. The third-order valence-corrected chi connectivity index (χ3v) is 5.71. The molecule has 0 aromatic carbocycles. The summed E-state index contributed by atoms with van der Waals surface area (Å²) in [5, 5.41) is 10.4. The summed E-state index contributed by atoms with van der Waals surface area (Å²) >= 11 is 0. The molecule has 0 aromatic heterocycles. The standard InChI is InChI=1S/C12H21N3O5S/c16-11(17)5-6-13-12(18)15-7-10(8-15)21(19,20)14-9-3-1-2-4-9/h9-10,14H,1-8H2,(H,13,18)(H,16,17). The van der Waals surface area contributed by atoms with E-state index < -0.39 is 27.3 Å². The summed E-state index contributed by atoms with van der Waals surface area (Å²) in [4.78, 5) is 23.3. The molecule has 0 radical (unpaired) electrons. The van der Waals surface area contributed by atoms with E-state index in [0.29, 0.717) is 0 Å². The topological polar surface area (TPSA) is 116 Å². The van der Waals surface area contributed by atoms with Crippen LogP contribution in [0.5, 0.6) is 0 Å². The van der Waals surface area contributed by atoms with Crippen LogP contribution in [0.2, 0.25) is 0 Å². The number of hydrogen-bond donors (Lipinski definition) is 3. The molecular formula is C12H21N3O5S. The van der Waals surface area contributed by atoms with E-state index in [2.05, 4.69) is 10.0 Å². The fourth-order valence-electron chi connectivity index (χ4n) is 2.56. The van der Waals surface area contributed by atoms with Crippen LogP contribution in [-0.2, 0) is 14.8 Å². The van der Waals surface area contributed by atoms with Gasteiger partial charge in [0.1, 0.15) is 5.25 Å². The third kappa shape index (κ3) is 4.31. The number of nitrogens with one attached hydrogen (secondary N) is 2. The van der Waals surface area contributed by atoms with Crippen LogP contribution in [0.25, 0.3) is 0 Å². The minimum Gasteiger partial charge on any atom is -0.481 e. The summed E-state index contributed by atoms with van der Waals surface area (Å²) in [5.41, 5.74) is 0. The van der Waals surface area contributed by atoms with Gasteiger partial charge < -0.3 is 15.3 Å². The van der Waals surface area contributed by atoms with E-state index in [4.69, 9.17) is 5.11 Å². The maximum atomic E-state index is 12.1. The van der Waals surface area contributed by atoms with Gasteiger partial charge in [-0.3, -0.25) is 4.79 Å². The minimum atomic E-state index is -3.37. The van der Waals surface area contributed by atoms with Crippen LogP contribution in [-0.4, -0.2) is 61.4 Å². The van der Waals surface area contributed by atoms with E-state index in [0.717, 1.165) is 25.7 Å². The van der Waals surface area contributed by atoms with Gasteiger partial charge in [0.2, 0.25) is 10.0 Å². The number of carboxylic acid groups (broad SMARTS) is 1. The molecule has 2 rings (SSSR count). The third-order valence-electron chi connectivity index (χ3n) is 3.88. The van der Waals surface area contributed by atoms with Crippen LogP contribution < -0.4 is 10.0 Å². The molecule has 3 N–H and O–H groups in total. The molecular weight excluding hydrogens is 298 g/mol. The monoisotopic (exact) mass is 319 g/mol. The predicted molar refractivity (Wildman–Crippen MR) is 75.3 cm³/mol. The second-order valence-electron chi connectivity index (χ2n) is 5.55. The highest BCUT2D eigenvalue weighted by Crippen LogP contribution is 2.21. The summed E-state index contributed by atoms with van der Waals surface area (Å²) in [6.45, 7) is 0.352. The van der Waals surface area contributed by atoms with Crippen molar-refractivity contribution in [1.29, 1.82) is 0 Å². The Hall–Kier alpha value is -1.35. The number of carbonyl (C=O) groups excluding carboxylic acids is 1. The van der Waals surface area contributed by atoms with E-state index in [1.54, 1.807) is 0 Å². The van der Waals surface area contributed by atoms with E-state index in [1.807, 2.05) is 0 Å². The fourth-order valence-corrected chi connectivity index (χ4v) is 4.21.